The fourth-order valence-corrected chi connectivity index (χ4v) is 2.53. The lowest BCUT2D eigenvalue weighted by Crippen LogP contribution is -2.14. The lowest BCUT2D eigenvalue weighted by molar-refractivity contribution is 0.102. The highest BCUT2D eigenvalue weighted by molar-refractivity contribution is 7.90. The molecule has 1 amide bonds. The van der Waals surface area contributed by atoms with E-state index in [2.05, 4.69) is 5.32 Å². The molecule has 2 aromatic carbocycles. The highest BCUT2D eigenvalue weighted by Crippen LogP contribution is 2.22. The van der Waals surface area contributed by atoms with Crippen LogP contribution in [-0.4, -0.2) is 27.7 Å². The first-order chi connectivity index (χ1) is 10.3. The van der Waals surface area contributed by atoms with Crippen LogP contribution in [0.4, 0.5) is 10.1 Å². The summed E-state index contributed by atoms with van der Waals surface area (Å²) in [6.45, 7) is 0. The van der Waals surface area contributed by atoms with E-state index < -0.39 is 21.6 Å². The molecule has 0 unspecified atom stereocenters. The third kappa shape index (κ3) is 3.62. The molecule has 2 rings (SSSR count). The van der Waals surface area contributed by atoms with Crippen molar-refractivity contribution in [1.82, 2.24) is 0 Å². The number of halogens is 1. The van der Waals surface area contributed by atoms with Crippen molar-refractivity contribution in [2.75, 3.05) is 18.7 Å². The normalized spacial score (nSPS) is 11.0. The van der Waals surface area contributed by atoms with E-state index in [1.54, 1.807) is 6.07 Å². The van der Waals surface area contributed by atoms with Crippen molar-refractivity contribution < 1.29 is 22.3 Å². The second-order valence-corrected chi connectivity index (χ2v) is 6.61. The van der Waals surface area contributed by atoms with Gasteiger partial charge in [0.05, 0.1) is 17.6 Å². The Bertz CT molecular complexity index is 818. The predicted molar refractivity (Wildman–Crippen MR) is 80.5 cm³/mol. The molecule has 0 radical (unpaired) electrons. The van der Waals surface area contributed by atoms with Crippen molar-refractivity contribution in [3.05, 3.63) is 53.8 Å². The van der Waals surface area contributed by atoms with Crippen molar-refractivity contribution in [3.63, 3.8) is 0 Å². The average molecular weight is 323 g/mol. The first-order valence-electron chi connectivity index (χ1n) is 6.26. The van der Waals surface area contributed by atoms with Crippen molar-refractivity contribution in [1.29, 1.82) is 0 Å². The Kier molecular flexibility index (Phi) is 4.46. The Morgan fingerprint density at radius 1 is 1.18 bits per heavy atom. The molecule has 0 fully saturated rings. The van der Waals surface area contributed by atoms with Crippen LogP contribution in [0.2, 0.25) is 0 Å². The number of carbonyl (C=O) groups excluding carboxylic acids is 1. The largest absolute Gasteiger partial charge is 0.496 e. The van der Waals surface area contributed by atoms with Gasteiger partial charge in [-0.05, 0) is 36.4 Å². The summed E-state index contributed by atoms with van der Waals surface area (Å²) in [6.07, 6.45) is 1.07. The fourth-order valence-electron chi connectivity index (χ4n) is 1.86. The molecule has 0 saturated heterocycles. The van der Waals surface area contributed by atoms with E-state index in [0.717, 1.165) is 12.3 Å². The number of amides is 1. The molecule has 7 heteroatoms. The van der Waals surface area contributed by atoms with Crippen LogP contribution < -0.4 is 10.1 Å². The number of ether oxygens (including phenoxy) is 1. The lowest BCUT2D eigenvalue weighted by Gasteiger charge is -2.10. The van der Waals surface area contributed by atoms with Crippen LogP contribution >= 0.6 is 0 Å². The molecule has 0 aromatic heterocycles. The molecule has 0 aliphatic heterocycles. The SMILES string of the molecule is COc1ccc(F)cc1C(=O)Nc1cccc(S(C)(=O)=O)c1. The zero-order valence-corrected chi connectivity index (χ0v) is 12.8. The molecule has 0 saturated carbocycles. The lowest BCUT2D eigenvalue weighted by atomic mass is 10.1. The van der Waals surface area contributed by atoms with E-state index in [4.69, 9.17) is 4.74 Å². The molecular weight excluding hydrogens is 309 g/mol. The zero-order chi connectivity index (χ0) is 16.3. The number of carbonyl (C=O) groups is 1. The standard InChI is InChI=1S/C15H14FNO4S/c1-21-14-7-6-10(16)8-13(14)15(18)17-11-4-3-5-12(9-11)22(2,19)20/h3-9H,1-2H3,(H,17,18). The third-order valence-corrected chi connectivity index (χ3v) is 4.04. The zero-order valence-electron chi connectivity index (χ0n) is 12.0. The maximum atomic E-state index is 13.3. The van der Waals surface area contributed by atoms with Crippen LogP contribution in [0.5, 0.6) is 5.75 Å². The molecule has 2 aromatic rings. The van der Waals surface area contributed by atoms with E-state index in [0.29, 0.717) is 5.69 Å². The van der Waals surface area contributed by atoms with E-state index in [1.165, 1.54) is 37.4 Å². The van der Waals surface area contributed by atoms with Gasteiger partial charge in [0, 0.05) is 11.9 Å². The average Bonchev–Trinajstić information content (AvgIpc) is 2.46. The number of benzene rings is 2. The van der Waals surface area contributed by atoms with Crippen molar-refractivity contribution >= 4 is 21.4 Å². The fraction of sp³-hybridized carbons (Fsp3) is 0.133. The second-order valence-electron chi connectivity index (χ2n) is 4.60. The second kappa shape index (κ2) is 6.15. The van der Waals surface area contributed by atoms with Crippen LogP contribution in [-0.2, 0) is 9.84 Å². The van der Waals surface area contributed by atoms with Crippen LogP contribution in [0.15, 0.2) is 47.4 Å². The molecule has 0 bridgehead atoms. The van der Waals surface area contributed by atoms with Gasteiger partial charge in [-0.3, -0.25) is 4.79 Å². The molecular formula is C15H14FNO4S. The summed E-state index contributed by atoms with van der Waals surface area (Å²) in [6, 6.07) is 9.38. The number of hydrogen-bond acceptors (Lipinski definition) is 4. The number of rotatable bonds is 4. The molecule has 1 N–H and O–H groups in total. The quantitative estimate of drug-likeness (QED) is 0.938. The summed E-state index contributed by atoms with van der Waals surface area (Å²) in [4.78, 5) is 12.3. The van der Waals surface area contributed by atoms with Crippen molar-refractivity contribution in [2.45, 2.75) is 4.90 Å². The summed E-state index contributed by atoms with van der Waals surface area (Å²) in [7, 11) is -2.01. The van der Waals surface area contributed by atoms with Gasteiger partial charge in [-0.25, -0.2) is 12.8 Å². The van der Waals surface area contributed by atoms with Crippen LogP contribution in [0, 0.1) is 5.82 Å². The Hall–Kier alpha value is -2.41. The highest BCUT2D eigenvalue weighted by atomic mass is 32.2. The Morgan fingerprint density at radius 3 is 2.55 bits per heavy atom. The minimum absolute atomic E-state index is 0.0206. The van der Waals surface area contributed by atoms with Gasteiger partial charge in [-0.2, -0.15) is 0 Å². The van der Waals surface area contributed by atoms with Gasteiger partial charge in [0.1, 0.15) is 11.6 Å². The van der Waals surface area contributed by atoms with E-state index >= 15 is 0 Å². The van der Waals surface area contributed by atoms with E-state index in [9.17, 15) is 17.6 Å². The van der Waals surface area contributed by atoms with Crippen LogP contribution in [0.25, 0.3) is 0 Å². The van der Waals surface area contributed by atoms with Crippen molar-refractivity contribution in [3.8, 4) is 5.75 Å². The monoisotopic (exact) mass is 323 g/mol. The number of hydrogen-bond donors (Lipinski definition) is 1. The maximum absolute atomic E-state index is 13.3. The van der Waals surface area contributed by atoms with Gasteiger partial charge in [-0.1, -0.05) is 6.07 Å². The van der Waals surface area contributed by atoms with E-state index in [1.807, 2.05) is 0 Å². The van der Waals surface area contributed by atoms with Gasteiger partial charge in [0.15, 0.2) is 9.84 Å². The summed E-state index contributed by atoms with van der Waals surface area (Å²) < 4.78 is 41.3. The first kappa shape index (κ1) is 16.0. The Labute approximate surface area is 127 Å². The highest BCUT2D eigenvalue weighted by Gasteiger charge is 2.15. The smallest absolute Gasteiger partial charge is 0.259 e. The molecule has 0 heterocycles. The van der Waals surface area contributed by atoms with Crippen LogP contribution in [0.3, 0.4) is 0 Å². The van der Waals surface area contributed by atoms with Crippen molar-refractivity contribution in [2.24, 2.45) is 0 Å². The molecule has 0 aliphatic carbocycles. The topological polar surface area (TPSA) is 72.5 Å². The number of anilines is 1. The Morgan fingerprint density at radius 2 is 1.91 bits per heavy atom. The number of nitrogens with one attached hydrogen (secondary N) is 1. The van der Waals surface area contributed by atoms with Gasteiger partial charge < -0.3 is 10.1 Å². The summed E-state index contributed by atoms with van der Waals surface area (Å²) >= 11 is 0. The molecule has 0 spiro atoms. The van der Waals surface area contributed by atoms with Gasteiger partial charge >= 0.3 is 0 Å². The molecule has 22 heavy (non-hydrogen) atoms. The summed E-state index contributed by atoms with van der Waals surface area (Å²) in [5, 5.41) is 2.52. The molecule has 0 aliphatic rings. The Balaban J connectivity index is 2.32. The third-order valence-electron chi connectivity index (χ3n) is 2.93. The minimum atomic E-state index is -3.38. The van der Waals surface area contributed by atoms with Gasteiger partial charge in [0.25, 0.3) is 5.91 Å². The molecule has 0 atom stereocenters. The summed E-state index contributed by atoms with van der Waals surface area (Å²) in [5.41, 5.74) is 0.312. The van der Waals surface area contributed by atoms with E-state index in [-0.39, 0.29) is 16.2 Å². The minimum Gasteiger partial charge on any atom is -0.496 e. The number of methoxy groups -OCH3 is 1. The van der Waals surface area contributed by atoms with Gasteiger partial charge in [0.2, 0.25) is 0 Å². The predicted octanol–water partition coefficient (Wildman–Crippen LogP) is 2.49. The number of sulfone groups is 1. The molecule has 5 nitrogen and oxygen atoms in total. The molecule has 116 valence electrons. The van der Waals surface area contributed by atoms with Crippen LogP contribution in [0.1, 0.15) is 10.4 Å². The summed E-state index contributed by atoms with van der Waals surface area (Å²) in [5.74, 6) is -0.948. The maximum Gasteiger partial charge on any atom is 0.259 e. The van der Waals surface area contributed by atoms with Gasteiger partial charge in [-0.15, -0.1) is 0 Å². The first-order valence-corrected chi connectivity index (χ1v) is 8.15.